The quantitative estimate of drug-likeness (QED) is 0.703. The first-order valence-electron chi connectivity index (χ1n) is 6.25. The summed E-state index contributed by atoms with van der Waals surface area (Å²) in [6.07, 6.45) is 3.08. The van der Waals surface area contributed by atoms with Crippen molar-refractivity contribution in [3.8, 4) is 28.6 Å². The van der Waals surface area contributed by atoms with Crippen LogP contribution in [-0.4, -0.2) is 9.97 Å². The number of hydrogen-bond acceptors (Lipinski definition) is 3. The average Bonchev–Trinajstić information content (AvgIpc) is 2.56. The lowest BCUT2D eigenvalue weighted by Crippen LogP contribution is -1.90. The zero-order valence-electron chi connectivity index (χ0n) is 10.7. The smallest absolute Gasteiger partial charge is 0.159 e. The fourth-order valence-corrected chi connectivity index (χ4v) is 2.00. The lowest BCUT2D eigenvalue weighted by molar-refractivity contribution is 1.16. The van der Waals surface area contributed by atoms with Gasteiger partial charge in [0.2, 0.25) is 0 Å². The lowest BCUT2D eigenvalue weighted by atomic mass is 10.0. The Morgan fingerprint density at radius 1 is 0.750 bits per heavy atom. The summed E-state index contributed by atoms with van der Waals surface area (Å²) < 4.78 is 0. The minimum absolute atomic E-state index is 0.466. The summed E-state index contributed by atoms with van der Waals surface area (Å²) in [5, 5.41) is 8.76. The molecule has 0 saturated carbocycles. The van der Waals surface area contributed by atoms with E-state index in [9.17, 15) is 0 Å². The van der Waals surface area contributed by atoms with Crippen molar-refractivity contribution in [3.63, 3.8) is 0 Å². The number of aromatic nitrogens is 2. The molecule has 2 aromatic carbocycles. The zero-order valence-corrected chi connectivity index (χ0v) is 10.7. The van der Waals surface area contributed by atoms with Crippen molar-refractivity contribution in [1.82, 2.24) is 9.97 Å². The molecule has 1 aromatic heterocycles. The Morgan fingerprint density at radius 2 is 1.40 bits per heavy atom. The largest absolute Gasteiger partial charge is 0.235 e. The summed E-state index contributed by atoms with van der Waals surface area (Å²) in [5.41, 5.74) is 3.68. The van der Waals surface area contributed by atoms with Gasteiger partial charge in [-0.25, -0.2) is 9.97 Å². The van der Waals surface area contributed by atoms with Crippen LogP contribution in [0, 0.1) is 11.3 Å². The normalized spacial score (nSPS) is 9.95. The maximum atomic E-state index is 8.76. The SMILES string of the molecule is N#Cc1cnc(-c2cccc(-c3ccccc3)c2)nc1. The molecule has 3 nitrogen and oxygen atoms in total. The van der Waals surface area contributed by atoms with Gasteiger partial charge in [0.05, 0.1) is 5.56 Å². The minimum atomic E-state index is 0.466. The van der Waals surface area contributed by atoms with Crippen LogP contribution < -0.4 is 0 Å². The van der Waals surface area contributed by atoms with Crippen molar-refractivity contribution in [1.29, 1.82) is 5.26 Å². The molecular formula is C17H11N3. The van der Waals surface area contributed by atoms with Gasteiger partial charge in [0.25, 0.3) is 0 Å². The van der Waals surface area contributed by atoms with E-state index in [1.165, 1.54) is 12.4 Å². The van der Waals surface area contributed by atoms with E-state index in [2.05, 4.69) is 34.2 Å². The molecule has 3 rings (SSSR count). The second-order valence-corrected chi connectivity index (χ2v) is 4.35. The summed E-state index contributed by atoms with van der Waals surface area (Å²) in [5.74, 6) is 0.627. The molecule has 0 fully saturated rings. The van der Waals surface area contributed by atoms with Gasteiger partial charge >= 0.3 is 0 Å². The lowest BCUT2D eigenvalue weighted by Gasteiger charge is -2.04. The molecule has 0 spiro atoms. The zero-order chi connectivity index (χ0) is 13.8. The molecule has 20 heavy (non-hydrogen) atoms. The van der Waals surface area contributed by atoms with Crippen molar-refractivity contribution >= 4 is 0 Å². The highest BCUT2D eigenvalue weighted by Gasteiger charge is 2.03. The van der Waals surface area contributed by atoms with Crippen LogP contribution in [0.25, 0.3) is 22.5 Å². The van der Waals surface area contributed by atoms with E-state index in [-0.39, 0.29) is 0 Å². The molecule has 0 amide bonds. The van der Waals surface area contributed by atoms with Crippen LogP contribution in [0.4, 0.5) is 0 Å². The van der Waals surface area contributed by atoms with E-state index < -0.39 is 0 Å². The Kier molecular flexibility index (Phi) is 3.22. The number of nitriles is 1. The molecule has 0 saturated heterocycles. The second-order valence-electron chi connectivity index (χ2n) is 4.35. The molecule has 0 radical (unpaired) electrons. The van der Waals surface area contributed by atoms with E-state index in [1.807, 2.05) is 36.4 Å². The Hall–Kier alpha value is -2.99. The number of benzene rings is 2. The molecule has 0 aliphatic carbocycles. The van der Waals surface area contributed by atoms with Crippen LogP contribution in [0.5, 0.6) is 0 Å². The molecule has 94 valence electrons. The van der Waals surface area contributed by atoms with E-state index in [4.69, 9.17) is 5.26 Å². The van der Waals surface area contributed by atoms with Crippen LogP contribution in [0.1, 0.15) is 5.56 Å². The first kappa shape index (κ1) is 12.1. The van der Waals surface area contributed by atoms with E-state index in [0.717, 1.165) is 16.7 Å². The molecular weight excluding hydrogens is 246 g/mol. The van der Waals surface area contributed by atoms with Gasteiger partial charge in [-0.15, -0.1) is 0 Å². The van der Waals surface area contributed by atoms with Gasteiger partial charge in [-0.05, 0) is 17.2 Å². The first-order valence-corrected chi connectivity index (χ1v) is 6.25. The summed E-state index contributed by atoms with van der Waals surface area (Å²) >= 11 is 0. The van der Waals surface area contributed by atoms with Crippen LogP contribution in [0.3, 0.4) is 0 Å². The molecule has 0 N–H and O–H groups in total. The third-order valence-electron chi connectivity index (χ3n) is 3.01. The monoisotopic (exact) mass is 257 g/mol. The second kappa shape index (κ2) is 5.33. The first-order chi connectivity index (χ1) is 9.86. The predicted octanol–water partition coefficient (Wildman–Crippen LogP) is 3.68. The summed E-state index contributed by atoms with van der Waals surface area (Å²) in [7, 11) is 0. The Morgan fingerprint density at radius 3 is 2.10 bits per heavy atom. The highest BCUT2D eigenvalue weighted by Crippen LogP contribution is 2.24. The molecule has 3 heteroatoms. The fourth-order valence-electron chi connectivity index (χ4n) is 2.00. The van der Waals surface area contributed by atoms with Gasteiger partial charge in [0, 0.05) is 18.0 Å². The Labute approximate surface area is 117 Å². The molecule has 0 aliphatic heterocycles. The van der Waals surface area contributed by atoms with Crippen molar-refractivity contribution < 1.29 is 0 Å². The average molecular weight is 257 g/mol. The van der Waals surface area contributed by atoms with Crippen LogP contribution in [-0.2, 0) is 0 Å². The van der Waals surface area contributed by atoms with Crippen molar-refractivity contribution in [3.05, 3.63) is 72.6 Å². The molecule has 0 aliphatic rings. The van der Waals surface area contributed by atoms with E-state index >= 15 is 0 Å². The van der Waals surface area contributed by atoms with Crippen molar-refractivity contribution in [2.45, 2.75) is 0 Å². The Balaban J connectivity index is 2.01. The third-order valence-corrected chi connectivity index (χ3v) is 3.01. The standard InChI is InChI=1S/C17H11N3/c18-10-13-11-19-17(20-12-13)16-8-4-7-15(9-16)14-5-2-1-3-6-14/h1-9,11-12H. The Bertz CT molecular complexity index is 756. The topological polar surface area (TPSA) is 49.6 Å². The van der Waals surface area contributed by atoms with Crippen LogP contribution in [0.2, 0.25) is 0 Å². The maximum Gasteiger partial charge on any atom is 0.159 e. The van der Waals surface area contributed by atoms with Gasteiger partial charge in [0.15, 0.2) is 5.82 Å². The molecule has 0 atom stereocenters. The summed E-state index contributed by atoms with van der Waals surface area (Å²) in [4.78, 5) is 8.44. The fraction of sp³-hybridized carbons (Fsp3) is 0. The van der Waals surface area contributed by atoms with Gasteiger partial charge in [0.1, 0.15) is 6.07 Å². The molecule has 3 aromatic rings. The van der Waals surface area contributed by atoms with Crippen LogP contribution >= 0.6 is 0 Å². The van der Waals surface area contributed by atoms with E-state index in [1.54, 1.807) is 0 Å². The van der Waals surface area contributed by atoms with Gasteiger partial charge in [-0.3, -0.25) is 0 Å². The number of hydrogen-bond donors (Lipinski definition) is 0. The minimum Gasteiger partial charge on any atom is -0.235 e. The molecule has 0 unspecified atom stereocenters. The number of rotatable bonds is 2. The maximum absolute atomic E-state index is 8.76. The van der Waals surface area contributed by atoms with Gasteiger partial charge < -0.3 is 0 Å². The highest BCUT2D eigenvalue weighted by molar-refractivity contribution is 5.70. The van der Waals surface area contributed by atoms with Gasteiger partial charge in [-0.2, -0.15) is 5.26 Å². The van der Waals surface area contributed by atoms with Crippen molar-refractivity contribution in [2.75, 3.05) is 0 Å². The van der Waals surface area contributed by atoms with Gasteiger partial charge in [-0.1, -0.05) is 48.5 Å². The summed E-state index contributed by atoms with van der Waals surface area (Å²) in [6, 6.07) is 20.2. The number of nitrogens with zero attached hydrogens (tertiary/aromatic N) is 3. The third kappa shape index (κ3) is 2.40. The predicted molar refractivity (Wildman–Crippen MR) is 77.6 cm³/mol. The van der Waals surface area contributed by atoms with Crippen molar-refractivity contribution in [2.24, 2.45) is 0 Å². The molecule has 0 bridgehead atoms. The molecule has 1 heterocycles. The van der Waals surface area contributed by atoms with Crippen LogP contribution in [0.15, 0.2) is 67.0 Å². The summed E-state index contributed by atoms with van der Waals surface area (Å²) in [6.45, 7) is 0. The van der Waals surface area contributed by atoms with E-state index in [0.29, 0.717) is 11.4 Å². The highest BCUT2D eigenvalue weighted by atomic mass is 14.9.